The van der Waals surface area contributed by atoms with E-state index in [0.717, 1.165) is 18.0 Å². The van der Waals surface area contributed by atoms with Crippen LogP contribution in [0.5, 0.6) is 0 Å². The Morgan fingerprint density at radius 3 is 2.68 bits per heavy atom. The lowest BCUT2D eigenvalue weighted by molar-refractivity contribution is 0.245. The third-order valence-electron chi connectivity index (χ3n) is 3.24. The molecule has 2 atom stereocenters. The Bertz CT molecular complexity index is 467. The molecule has 2 aromatic rings. The Labute approximate surface area is 114 Å². The number of aromatic nitrogens is 1. The summed E-state index contributed by atoms with van der Waals surface area (Å²) in [4.78, 5) is 6.51. The second-order valence-electron chi connectivity index (χ2n) is 4.88. The zero-order chi connectivity index (χ0) is 13.7. The number of nitrogens with zero attached hydrogens (tertiary/aromatic N) is 2. The van der Waals surface area contributed by atoms with E-state index in [9.17, 15) is 0 Å². The topological polar surface area (TPSA) is 41.3 Å². The van der Waals surface area contributed by atoms with Gasteiger partial charge in [-0.15, -0.1) is 0 Å². The van der Waals surface area contributed by atoms with Crippen molar-refractivity contribution in [2.45, 2.75) is 19.0 Å². The van der Waals surface area contributed by atoms with E-state index in [4.69, 9.17) is 4.42 Å². The van der Waals surface area contributed by atoms with E-state index in [0.29, 0.717) is 0 Å². The molecule has 0 saturated heterocycles. The maximum absolute atomic E-state index is 5.50. The minimum Gasteiger partial charge on any atom is -0.468 e. The highest BCUT2D eigenvalue weighted by atomic mass is 16.3. The Morgan fingerprint density at radius 1 is 1.26 bits per heavy atom. The molecule has 19 heavy (non-hydrogen) atoms. The number of hydrogen-bond acceptors (Lipinski definition) is 4. The highest BCUT2D eigenvalue weighted by Crippen LogP contribution is 2.19. The van der Waals surface area contributed by atoms with Crippen LogP contribution < -0.4 is 5.32 Å². The minimum atomic E-state index is 0.221. The van der Waals surface area contributed by atoms with Crippen molar-refractivity contribution in [2.24, 2.45) is 0 Å². The lowest BCUT2D eigenvalue weighted by Crippen LogP contribution is -2.32. The lowest BCUT2D eigenvalue weighted by atomic mass is 10.1. The summed E-state index contributed by atoms with van der Waals surface area (Å²) in [7, 11) is 4.11. The van der Waals surface area contributed by atoms with Gasteiger partial charge >= 0.3 is 0 Å². The number of likely N-dealkylation sites (N-methyl/N-ethyl adjacent to an activating group) is 1. The van der Waals surface area contributed by atoms with Crippen LogP contribution in [-0.4, -0.2) is 30.5 Å². The quantitative estimate of drug-likeness (QED) is 0.866. The summed E-state index contributed by atoms with van der Waals surface area (Å²) in [5.41, 5.74) is 1.06. The average Bonchev–Trinajstić information content (AvgIpc) is 2.93. The fraction of sp³-hybridized carbons (Fsp3) is 0.400. The van der Waals surface area contributed by atoms with Crippen molar-refractivity contribution >= 4 is 0 Å². The molecule has 2 rings (SSSR count). The molecule has 0 amide bonds. The number of furan rings is 1. The number of rotatable bonds is 6. The Balaban J connectivity index is 1.96. The first-order valence-corrected chi connectivity index (χ1v) is 6.52. The van der Waals surface area contributed by atoms with Crippen molar-refractivity contribution in [1.82, 2.24) is 15.2 Å². The predicted molar refractivity (Wildman–Crippen MR) is 75.8 cm³/mol. The maximum atomic E-state index is 5.50. The van der Waals surface area contributed by atoms with Gasteiger partial charge in [0, 0.05) is 18.8 Å². The van der Waals surface area contributed by atoms with Gasteiger partial charge in [-0.25, -0.2) is 0 Å². The van der Waals surface area contributed by atoms with Gasteiger partial charge in [-0.05, 0) is 45.3 Å². The van der Waals surface area contributed by atoms with Crippen molar-refractivity contribution in [2.75, 3.05) is 20.6 Å². The summed E-state index contributed by atoms with van der Waals surface area (Å²) < 4.78 is 5.50. The molecule has 4 nitrogen and oxygen atoms in total. The molecular weight excluding hydrogens is 238 g/mol. The van der Waals surface area contributed by atoms with E-state index in [1.165, 1.54) is 0 Å². The summed E-state index contributed by atoms with van der Waals surface area (Å²) in [6.45, 7) is 2.94. The first-order chi connectivity index (χ1) is 9.18. The molecular formula is C15H21N3O. The van der Waals surface area contributed by atoms with Crippen molar-refractivity contribution in [3.63, 3.8) is 0 Å². The van der Waals surface area contributed by atoms with E-state index >= 15 is 0 Å². The first kappa shape index (κ1) is 13.8. The van der Waals surface area contributed by atoms with Gasteiger partial charge in [0.1, 0.15) is 5.76 Å². The van der Waals surface area contributed by atoms with Crippen LogP contribution in [-0.2, 0) is 0 Å². The molecule has 4 heteroatoms. The van der Waals surface area contributed by atoms with E-state index < -0.39 is 0 Å². The van der Waals surface area contributed by atoms with Crippen LogP contribution >= 0.6 is 0 Å². The zero-order valence-corrected chi connectivity index (χ0v) is 11.7. The smallest absolute Gasteiger partial charge is 0.122 e. The van der Waals surface area contributed by atoms with Gasteiger partial charge in [0.25, 0.3) is 0 Å². The molecule has 0 aromatic carbocycles. The Morgan fingerprint density at radius 2 is 2.11 bits per heavy atom. The zero-order valence-electron chi connectivity index (χ0n) is 11.7. The molecule has 0 saturated carbocycles. The predicted octanol–water partition coefficient (Wildman–Crippen LogP) is 2.63. The van der Waals surface area contributed by atoms with Crippen LogP contribution in [0.2, 0.25) is 0 Å². The molecule has 0 aliphatic heterocycles. The van der Waals surface area contributed by atoms with E-state index in [-0.39, 0.29) is 12.1 Å². The maximum Gasteiger partial charge on any atom is 0.122 e. The summed E-state index contributed by atoms with van der Waals surface area (Å²) >= 11 is 0. The summed E-state index contributed by atoms with van der Waals surface area (Å²) in [6.07, 6.45) is 3.54. The fourth-order valence-electron chi connectivity index (χ4n) is 2.04. The van der Waals surface area contributed by atoms with Gasteiger partial charge in [0.2, 0.25) is 0 Å². The van der Waals surface area contributed by atoms with Crippen LogP contribution in [0.15, 0.2) is 47.2 Å². The molecule has 102 valence electrons. The van der Waals surface area contributed by atoms with Crippen molar-refractivity contribution in [3.05, 3.63) is 54.2 Å². The molecule has 0 aliphatic rings. The number of nitrogens with one attached hydrogen (secondary N) is 1. The molecule has 1 N–H and O–H groups in total. The van der Waals surface area contributed by atoms with E-state index in [1.54, 1.807) is 6.26 Å². The van der Waals surface area contributed by atoms with Crippen LogP contribution in [0, 0.1) is 0 Å². The highest BCUT2D eigenvalue weighted by molar-refractivity contribution is 5.09. The molecule has 0 radical (unpaired) electrons. The van der Waals surface area contributed by atoms with Crippen LogP contribution in [0.4, 0.5) is 0 Å². The fourth-order valence-corrected chi connectivity index (χ4v) is 2.04. The molecule has 0 bridgehead atoms. The van der Waals surface area contributed by atoms with Crippen LogP contribution in [0.3, 0.4) is 0 Å². The highest BCUT2D eigenvalue weighted by Gasteiger charge is 2.18. The van der Waals surface area contributed by atoms with Crippen molar-refractivity contribution in [1.29, 1.82) is 0 Å². The van der Waals surface area contributed by atoms with E-state index in [1.807, 2.05) is 36.5 Å². The average molecular weight is 259 g/mol. The van der Waals surface area contributed by atoms with Gasteiger partial charge < -0.3 is 9.73 Å². The number of pyridine rings is 1. The number of hydrogen-bond donors (Lipinski definition) is 1. The van der Waals surface area contributed by atoms with Gasteiger partial charge in [-0.2, -0.15) is 0 Å². The molecule has 0 fully saturated rings. The Hall–Kier alpha value is -1.65. The molecule has 2 aromatic heterocycles. The largest absolute Gasteiger partial charge is 0.468 e. The second kappa shape index (κ2) is 6.50. The monoisotopic (exact) mass is 259 g/mol. The first-order valence-electron chi connectivity index (χ1n) is 6.52. The molecule has 2 heterocycles. The standard InChI is InChI=1S/C15H21N3O/c1-12(13-7-4-5-9-16-13)17-11-14(18(2)3)15-8-6-10-19-15/h4-10,12,14,17H,11H2,1-3H3. The molecule has 0 aliphatic carbocycles. The SMILES string of the molecule is CC(NCC(c1ccco1)N(C)C)c1ccccn1. The third kappa shape index (κ3) is 3.66. The van der Waals surface area contributed by atoms with Gasteiger partial charge in [0.15, 0.2) is 0 Å². The normalized spacial score (nSPS) is 14.5. The summed E-state index contributed by atoms with van der Waals surface area (Å²) in [5.74, 6) is 0.978. The molecule has 0 spiro atoms. The van der Waals surface area contributed by atoms with Crippen molar-refractivity contribution in [3.8, 4) is 0 Å². The summed E-state index contributed by atoms with van der Waals surface area (Å²) in [5, 5.41) is 3.50. The van der Waals surface area contributed by atoms with Gasteiger partial charge in [0.05, 0.1) is 18.0 Å². The second-order valence-corrected chi connectivity index (χ2v) is 4.88. The van der Waals surface area contributed by atoms with Gasteiger partial charge in [-0.3, -0.25) is 9.88 Å². The third-order valence-corrected chi connectivity index (χ3v) is 3.24. The lowest BCUT2D eigenvalue weighted by Gasteiger charge is -2.24. The van der Waals surface area contributed by atoms with Gasteiger partial charge in [-0.1, -0.05) is 6.07 Å². The summed E-state index contributed by atoms with van der Waals surface area (Å²) in [6, 6.07) is 10.4. The van der Waals surface area contributed by atoms with E-state index in [2.05, 4.69) is 36.2 Å². The minimum absolute atomic E-state index is 0.221. The van der Waals surface area contributed by atoms with Crippen LogP contribution in [0.1, 0.15) is 30.5 Å². The Kier molecular flexibility index (Phi) is 4.71. The van der Waals surface area contributed by atoms with Crippen molar-refractivity contribution < 1.29 is 4.42 Å². The molecule has 2 unspecified atom stereocenters. The van der Waals surface area contributed by atoms with Crippen LogP contribution in [0.25, 0.3) is 0 Å².